The van der Waals surface area contributed by atoms with Crippen LogP contribution in [0.5, 0.6) is 5.75 Å². The summed E-state index contributed by atoms with van der Waals surface area (Å²) in [7, 11) is 0. The number of carbonyl (C=O) groups is 1. The van der Waals surface area contributed by atoms with Gasteiger partial charge in [-0.1, -0.05) is 19.9 Å². The highest BCUT2D eigenvalue weighted by Crippen LogP contribution is 2.30. The molecule has 1 amide bonds. The van der Waals surface area contributed by atoms with Gasteiger partial charge in [0.2, 0.25) is 0 Å². The number of nitrogens with zero attached hydrogens (tertiary/aromatic N) is 4. The molecule has 0 saturated heterocycles. The Morgan fingerprint density at radius 3 is 2.69 bits per heavy atom. The number of aromatic nitrogens is 4. The predicted molar refractivity (Wildman–Crippen MR) is 102 cm³/mol. The Balaban J connectivity index is 1.90. The van der Waals surface area contributed by atoms with Crippen molar-refractivity contribution >= 4 is 27.5 Å². The van der Waals surface area contributed by atoms with Crippen molar-refractivity contribution in [2.75, 3.05) is 5.32 Å². The van der Waals surface area contributed by atoms with Gasteiger partial charge in [0.1, 0.15) is 29.9 Å². The summed E-state index contributed by atoms with van der Waals surface area (Å²) in [6.07, 6.45) is 3.96. The van der Waals surface area contributed by atoms with Gasteiger partial charge in [-0.25, -0.2) is 4.98 Å². The second kappa shape index (κ2) is 7.65. The zero-order valence-electron chi connectivity index (χ0n) is 14.3. The molecule has 134 valence electrons. The first-order valence-electron chi connectivity index (χ1n) is 8.15. The molecule has 0 saturated carbocycles. The maximum Gasteiger partial charge on any atom is 0.275 e. The Hall–Kier alpha value is -2.74. The molecule has 0 unspecified atom stereocenters. The standard InChI is InChI=1S/C18H18BrN5O2/c1-3-11(2)12-4-6-15(25)14(8-12)22-18(26)17-13(19)5-7-16(23-17)24-9-20-21-10-24/h4-11,25H,3H2,1-2H3,(H,22,26)/t11-/m0/s1. The van der Waals surface area contributed by atoms with E-state index in [1.165, 1.54) is 12.7 Å². The fourth-order valence-corrected chi connectivity index (χ4v) is 2.83. The molecule has 1 atom stereocenters. The smallest absolute Gasteiger partial charge is 0.275 e. The monoisotopic (exact) mass is 415 g/mol. The largest absolute Gasteiger partial charge is 0.506 e. The van der Waals surface area contributed by atoms with Crippen LogP contribution in [0.3, 0.4) is 0 Å². The van der Waals surface area contributed by atoms with Crippen molar-refractivity contribution in [3.63, 3.8) is 0 Å². The molecule has 3 aromatic rings. The number of carbonyl (C=O) groups excluding carboxylic acids is 1. The third-order valence-corrected chi connectivity index (χ3v) is 4.82. The van der Waals surface area contributed by atoms with Gasteiger partial charge >= 0.3 is 0 Å². The summed E-state index contributed by atoms with van der Waals surface area (Å²) in [5, 5.41) is 20.3. The van der Waals surface area contributed by atoms with E-state index in [0.29, 0.717) is 21.9 Å². The van der Waals surface area contributed by atoms with Crippen molar-refractivity contribution in [1.82, 2.24) is 19.7 Å². The van der Waals surface area contributed by atoms with Gasteiger partial charge in [0.25, 0.3) is 5.91 Å². The zero-order chi connectivity index (χ0) is 18.7. The van der Waals surface area contributed by atoms with Gasteiger partial charge in [-0.15, -0.1) is 10.2 Å². The van der Waals surface area contributed by atoms with E-state index < -0.39 is 5.91 Å². The van der Waals surface area contributed by atoms with Gasteiger partial charge in [-0.3, -0.25) is 9.36 Å². The van der Waals surface area contributed by atoms with Crippen LogP contribution in [-0.2, 0) is 0 Å². The third-order valence-electron chi connectivity index (χ3n) is 4.18. The summed E-state index contributed by atoms with van der Waals surface area (Å²) < 4.78 is 2.15. The number of hydrogen-bond acceptors (Lipinski definition) is 5. The molecule has 0 fully saturated rings. The van der Waals surface area contributed by atoms with E-state index in [1.807, 2.05) is 6.07 Å². The Morgan fingerprint density at radius 2 is 2.00 bits per heavy atom. The van der Waals surface area contributed by atoms with Crippen LogP contribution < -0.4 is 5.32 Å². The Labute approximate surface area is 159 Å². The number of phenols is 1. The van der Waals surface area contributed by atoms with Crippen LogP contribution in [0.1, 0.15) is 42.2 Å². The van der Waals surface area contributed by atoms with E-state index in [0.717, 1.165) is 12.0 Å². The van der Waals surface area contributed by atoms with Crippen LogP contribution in [-0.4, -0.2) is 30.8 Å². The average molecular weight is 416 g/mol. The lowest BCUT2D eigenvalue weighted by molar-refractivity contribution is 0.102. The molecule has 8 heteroatoms. The molecular weight excluding hydrogens is 398 g/mol. The van der Waals surface area contributed by atoms with Crippen LogP contribution in [0.2, 0.25) is 0 Å². The van der Waals surface area contributed by atoms with Gasteiger partial charge in [-0.05, 0) is 58.1 Å². The fraction of sp³-hybridized carbons (Fsp3) is 0.222. The molecule has 1 aromatic carbocycles. The van der Waals surface area contributed by atoms with Gasteiger partial charge in [-0.2, -0.15) is 0 Å². The first kappa shape index (κ1) is 18.1. The minimum absolute atomic E-state index is 0.0106. The Bertz CT molecular complexity index is 927. The average Bonchev–Trinajstić information content (AvgIpc) is 3.18. The highest BCUT2D eigenvalue weighted by molar-refractivity contribution is 9.10. The van der Waals surface area contributed by atoms with E-state index in [9.17, 15) is 9.90 Å². The van der Waals surface area contributed by atoms with Crippen molar-refractivity contribution in [3.05, 3.63) is 58.7 Å². The quantitative estimate of drug-likeness (QED) is 0.616. The third kappa shape index (κ3) is 3.75. The number of aromatic hydroxyl groups is 1. The summed E-state index contributed by atoms with van der Waals surface area (Å²) in [4.78, 5) is 17.1. The van der Waals surface area contributed by atoms with Crippen LogP contribution in [0.25, 0.3) is 5.82 Å². The van der Waals surface area contributed by atoms with Crippen molar-refractivity contribution < 1.29 is 9.90 Å². The van der Waals surface area contributed by atoms with Crippen LogP contribution in [0.4, 0.5) is 5.69 Å². The molecular formula is C18H18BrN5O2. The van der Waals surface area contributed by atoms with Crippen LogP contribution >= 0.6 is 15.9 Å². The number of benzene rings is 1. The van der Waals surface area contributed by atoms with Crippen LogP contribution in [0, 0.1) is 0 Å². The van der Waals surface area contributed by atoms with Crippen molar-refractivity contribution in [1.29, 1.82) is 0 Å². The number of anilines is 1. The SMILES string of the molecule is CC[C@H](C)c1ccc(O)c(NC(=O)c2nc(-n3cnnc3)ccc2Br)c1. The summed E-state index contributed by atoms with van der Waals surface area (Å²) in [6.45, 7) is 4.19. The lowest BCUT2D eigenvalue weighted by atomic mass is 9.98. The highest BCUT2D eigenvalue weighted by Gasteiger charge is 2.16. The highest BCUT2D eigenvalue weighted by atomic mass is 79.9. The number of hydrogen-bond donors (Lipinski definition) is 2. The normalized spacial score (nSPS) is 12.0. The van der Waals surface area contributed by atoms with E-state index in [4.69, 9.17) is 0 Å². The van der Waals surface area contributed by atoms with Crippen molar-refractivity contribution in [2.24, 2.45) is 0 Å². The minimum Gasteiger partial charge on any atom is -0.506 e. The second-order valence-corrected chi connectivity index (χ2v) is 6.76. The van der Waals surface area contributed by atoms with Crippen molar-refractivity contribution in [2.45, 2.75) is 26.2 Å². The summed E-state index contributed by atoms with van der Waals surface area (Å²) in [5.74, 6) is 0.425. The molecule has 26 heavy (non-hydrogen) atoms. The van der Waals surface area contributed by atoms with Gasteiger partial charge in [0.15, 0.2) is 0 Å². The lowest BCUT2D eigenvalue weighted by Gasteiger charge is -2.13. The predicted octanol–water partition coefficient (Wildman–Crippen LogP) is 3.90. The molecule has 0 spiro atoms. The maximum atomic E-state index is 12.7. The molecule has 0 radical (unpaired) electrons. The minimum atomic E-state index is -0.427. The molecule has 0 aliphatic rings. The number of amides is 1. The summed E-state index contributed by atoms with van der Waals surface area (Å²) >= 11 is 3.35. The van der Waals surface area contributed by atoms with Crippen LogP contribution in [0.15, 0.2) is 47.5 Å². The number of phenolic OH excluding ortho intramolecular Hbond substituents is 1. The van der Waals surface area contributed by atoms with Gasteiger partial charge < -0.3 is 10.4 Å². The topological polar surface area (TPSA) is 92.9 Å². The van der Waals surface area contributed by atoms with E-state index in [-0.39, 0.29) is 11.4 Å². The van der Waals surface area contributed by atoms with E-state index in [2.05, 4.69) is 50.3 Å². The maximum absolute atomic E-state index is 12.7. The van der Waals surface area contributed by atoms with E-state index >= 15 is 0 Å². The lowest BCUT2D eigenvalue weighted by Crippen LogP contribution is -2.16. The number of nitrogens with one attached hydrogen (secondary N) is 1. The summed E-state index contributed by atoms with van der Waals surface area (Å²) in [6, 6.07) is 8.71. The van der Waals surface area contributed by atoms with Crippen molar-refractivity contribution in [3.8, 4) is 11.6 Å². The molecule has 0 aliphatic heterocycles. The molecule has 2 heterocycles. The zero-order valence-corrected chi connectivity index (χ0v) is 15.9. The number of halogens is 1. The molecule has 3 rings (SSSR count). The second-order valence-electron chi connectivity index (χ2n) is 5.91. The molecule has 2 aromatic heterocycles. The molecule has 0 aliphatic carbocycles. The van der Waals surface area contributed by atoms with Gasteiger partial charge in [0.05, 0.1) is 5.69 Å². The first-order valence-corrected chi connectivity index (χ1v) is 8.94. The Morgan fingerprint density at radius 1 is 1.27 bits per heavy atom. The number of rotatable bonds is 5. The fourth-order valence-electron chi connectivity index (χ4n) is 2.43. The molecule has 2 N–H and O–H groups in total. The Kier molecular flexibility index (Phi) is 5.32. The first-order chi connectivity index (χ1) is 12.5. The summed E-state index contributed by atoms with van der Waals surface area (Å²) in [5.41, 5.74) is 1.60. The molecule has 0 bridgehead atoms. The number of pyridine rings is 1. The van der Waals surface area contributed by atoms with E-state index in [1.54, 1.807) is 28.8 Å². The molecule has 7 nitrogen and oxygen atoms in total. The van der Waals surface area contributed by atoms with Gasteiger partial charge in [0, 0.05) is 4.47 Å².